The Morgan fingerprint density at radius 1 is 1.38 bits per heavy atom. The molecule has 116 valence electrons. The fraction of sp³-hybridized carbons (Fsp3) is 0.533. The number of benzene rings is 1. The summed E-state index contributed by atoms with van der Waals surface area (Å²) in [6.07, 6.45) is 2.94. The van der Waals surface area contributed by atoms with Crippen LogP contribution in [0, 0.1) is 11.6 Å². The van der Waals surface area contributed by atoms with Crippen molar-refractivity contribution in [3.8, 4) is 0 Å². The summed E-state index contributed by atoms with van der Waals surface area (Å²) in [6.45, 7) is 1.40. The molecule has 6 heteroatoms. The zero-order valence-corrected chi connectivity index (χ0v) is 13.0. The molecule has 2 rings (SSSR count). The number of aliphatic imine (C=N–C) groups is 1. The molecule has 1 aromatic rings. The zero-order valence-electron chi connectivity index (χ0n) is 12.2. The average molecular weight is 313 g/mol. The Bertz CT molecular complexity index is 488. The van der Waals surface area contributed by atoms with Gasteiger partial charge in [0.05, 0.1) is 0 Å². The van der Waals surface area contributed by atoms with Gasteiger partial charge in [-0.2, -0.15) is 11.8 Å². The van der Waals surface area contributed by atoms with Crippen molar-refractivity contribution in [2.24, 2.45) is 4.99 Å². The second-order valence-corrected chi connectivity index (χ2v) is 6.41. The SMILES string of the molecule is CN=C(NCCc1cc(F)ccc1F)NCC1CCCS1. The highest BCUT2D eigenvalue weighted by atomic mass is 32.2. The quantitative estimate of drug-likeness (QED) is 0.648. The van der Waals surface area contributed by atoms with Crippen LogP contribution in [0.1, 0.15) is 18.4 Å². The third-order valence-corrected chi connectivity index (χ3v) is 4.84. The van der Waals surface area contributed by atoms with Crippen LogP contribution in [0.15, 0.2) is 23.2 Å². The van der Waals surface area contributed by atoms with E-state index in [-0.39, 0.29) is 5.82 Å². The molecule has 21 heavy (non-hydrogen) atoms. The van der Waals surface area contributed by atoms with Crippen molar-refractivity contribution in [2.45, 2.75) is 24.5 Å². The van der Waals surface area contributed by atoms with Crippen LogP contribution in [-0.2, 0) is 6.42 Å². The lowest BCUT2D eigenvalue weighted by Gasteiger charge is -2.14. The van der Waals surface area contributed by atoms with Crippen LogP contribution < -0.4 is 10.6 Å². The summed E-state index contributed by atoms with van der Waals surface area (Å²) in [5.74, 6) is 1.16. The van der Waals surface area contributed by atoms with Gasteiger partial charge in [0.2, 0.25) is 0 Å². The molecule has 1 unspecified atom stereocenters. The monoisotopic (exact) mass is 313 g/mol. The summed E-state index contributed by atoms with van der Waals surface area (Å²) >= 11 is 1.98. The van der Waals surface area contributed by atoms with Crippen LogP contribution >= 0.6 is 11.8 Å². The molecule has 1 aliphatic heterocycles. The molecule has 0 spiro atoms. The zero-order chi connectivity index (χ0) is 15.1. The van der Waals surface area contributed by atoms with E-state index < -0.39 is 5.82 Å². The molecule has 0 bridgehead atoms. The van der Waals surface area contributed by atoms with Crippen molar-refractivity contribution in [3.63, 3.8) is 0 Å². The smallest absolute Gasteiger partial charge is 0.191 e. The van der Waals surface area contributed by atoms with Crippen molar-refractivity contribution >= 4 is 17.7 Å². The van der Waals surface area contributed by atoms with E-state index in [9.17, 15) is 8.78 Å². The van der Waals surface area contributed by atoms with Crippen LogP contribution in [0.4, 0.5) is 8.78 Å². The maximum Gasteiger partial charge on any atom is 0.191 e. The summed E-state index contributed by atoms with van der Waals surface area (Å²) in [5, 5.41) is 7.05. The van der Waals surface area contributed by atoms with E-state index in [1.54, 1.807) is 7.05 Å². The summed E-state index contributed by atoms with van der Waals surface area (Å²) in [7, 11) is 1.71. The van der Waals surface area contributed by atoms with Crippen molar-refractivity contribution in [1.29, 1.82) is 0 Å². The highest BCUT2D eigenvalue weighted by Gasteiger charge is 2.15. The first kappa shape index (κ1) is 16.1. The van der Waals surface area contributed by atoms with Crippen molar-refractivity contribution in [2.75, 3.05) is 25.9 Å². The van der Waals surface area contributed by atoms with Gasteiger partial charge in [-0.3, -0.25) is 4.99 Å². The molecule has 0 aromatic heterocycles. The van der Waals surface area contributed by atoms with Crippen LogP contribution in [0.3, 0.4) is 0 Å². The van der Waals surface area contributed by atoms with Crippen molar-refractivity contribution in [3.05, 3.63) is 35.4 Å². The highest BCUT2D eigenvalue weighted by molar-refractivity contribution is 8.00. The molecule has 0 radical (unpaired) electrons. The Morgan fingerprint density at radius 3 is 2.95 bits per heavy atom. The van der Waals surface area contributed by atoms with Gasteiger partial charge >= 0.3 is 0 Å². The third-order valence-electron chi connectivity index (χ3n) is 3.44. The predicted molar refractivity (Wildman–Crippen MR) is 84.9 cm³/mol. The number of halogens is 2. The van der Waals surface area contributed by atoms with Crippen LogP contribution in [0.25, 0.3) is 0 Å². The molecule has 0 saturated carbocycles. The molecule has 0 aliphatic carbocycles. The van der Waals surface area contributed by atoms with E-state index in [1.165, 1.54) is 24.7 Å². The Labute approximate surface area is 128 Å². The summed E-state index contributed by atoms with van der Waals surface area (Å²) < 4.78 is 26.6. The molecule has 1 heterocycles. The van der Waals surface area contributed by atoms with Crippen LogP contribution in [-0.4, -0.2) is 37.1 Å². The second-order valence-electron chi connectivity index (χ2n) is 5.00. The van der Waals surface area contributed by atoms with Crippen LogP contribution in [0.5, 0.6) is 0 Å². The van der Waals surface area contributed by atoms with Gasteiger partial charge in [-0.1, -0.05) is 0 Å². The fourth-order valence-electron chi connectivity index (χ4n) is 2.29. The molecule has 3 nitrogen and oxygen atoms in total. The van der Waals surface area contributed by atoms with Crippen LogP contribution in [0.2, 0.25) is 0 Å². The van der Waals surface area contributed by atoms with Crippen molar-refractivity contribution in [1.82, 2.24) is 10.6 Å². The number of hydrogen-bond donors (Lipinski definition) is 2. The summed E-state index contributed by atoms with van der Waals surface area (Å²) in [4.78, 5) is 4.14. The molecular weight excluding hydrogens is 292 g/mol. The van der Waals surface area contributed by atoms with Gasteiger partial charge in [0, 0.05) is 25.4 Å². The predicted octanol–water partition coefficient (Wildman–Crippen LogP) is 2.57. The van der Waals surface area contributed by atoms with Gasteiger partial charge in [-0.25, -0.2) is 8.78 Å². The van der Waals surface area contributed by atoms with Gasteiger partial charge in [-0.15, -0.1) is 0 Å². The Kier molecular flexibility index (Phi) is 6.29. The second kappa shape index (κ2) is 8.22. The van der Waals surface area contributed by atoms with Gasteiger partial charge < -0.3 is 10.6 Å². The van der Waals surface area contributed by atoms with E-state index in [2.05, 4.69) is 15.6 Å². The van der Waals surface area contributed by atoms with Gasteiger partial charge in [0.15, 0.2) is 5.96 Å². The standard InChI is InChI=1S/C15H21F2N3S/c1-18-15(20-10-13-3-2-8-21-13)19-7-6-11-9-12(16)4-5-14(11)17/h4-5,9,13H,2-3,6-8,10H2,1H3,(H2,18,19,20). The number of nitrogens with zero attached hydrogens (tertiary/aromatic N) is 1. The first-order valence-electron chi connectivity index (χ1n) is 7.19. The van der Waals surface area contributed by atoms with E-state index in [1.807, 2.05) is 11.8 Å². The molecule has 1 atom stereocenters. The number of hydrogen-bond acceptors (Lipinski definition) is 2. The lowest BCUT2D eigenvalue weighted by atomic mass is 10.1. The number of rotatable bonds is 5. The Hall–Kier alpha value is -1.30. The normalized spacial score (nSPS) is 18.8. The van der Waals surface area contributed by atoms with E-state index >= 15 is 0 Å². The molecule has 1 aliphatic rings. The van der Waals surface area contributed by atoms with Gasteiger partial charge in [0.1, 0.15) is 11.6 Å². The third kappa shape index (κ3) is 5.19. The Morgan fingerprint density at radius 2 is 2.24 bits per heavy atom. The van der Waals surface area contributed by atoms with Gasteiger partial charge in [-0.05, 0) is 48.8 Å². The maximum absolute atomic E-state index is 13.5. The van der Waals surface area contributed by atoms with E-state index in [0.29, 0.717) is 29.7 Å². The van der Waals surface area contributed by atoms with Crippen molar-refractivity contribution < 1.29 is 8.78 Å². The Balaban J connectivity index is 1.74. The molecule has 0 amide bonds. The summed E-state index contributed by atoms with van der Waals surface area (Å²) in [5.41, 5.74) is 0.379. The topological polar surface area (TPSA) is 36.4 Å². The molecule has 1 saturated heterocycles. The number of thioether (sulfide) groups is 1. The minimum absolute atomic E-state index is 0.372. The first-order valence-corrected chi connectivity index (χ1v) is 8.24. The minimum atomic E-state index is -0.410. The minimum Gasteiger partial charge on any atom is -0.356 e. The lowest BCUT2D eigenvalue weighted by Crippen LogP contribution is -2.41. The molecule has 1 aromatic carbocycles. The fourth-order valence-corrected chi connectivity index (χ4v) is 3.49. The first-order chi connectivity index (χ1) is 10.2. The lowest BCUT2D eigenvalue weighted by molar-refractivity contribution is 0.583. The number of guanidine groups is 1. The maximum atomic E-state index is 13.5. The molecular formula is C15H21F2N3S. The highest BCUT2D eigenvalue weighted by Crippen LogP contribution is 2.25. The average Bonchev–Trinajstić information content (AvgIpc) is 2.99. The molecule has 1 fully saturated rings. The van der Waals surface area contributed by atoms with E-state index in [0.717, 1.165) is 18.7 Å². The molecule has 2 N–H and O–H groups in total. The largest absolute Gasteiger partial charge is 0.356 e. The summed E-state index contributed by atoms with van der Waals surface area (Å²) in [6, 6.07) is 3.53. The van der Waals surface area contributed by atoms with E-state index in [4.69, 9.17) is 0 Å². The van der Waals surface area contributed by atoms with Gasteiger partial charge in [0.25, 0.3) is 0 Å². The number of nitrogens with one attached hydrogen (secondary N) is 2.